The molecule has 0 unspecified atom stereocenters. The quantitative estimate of drug-likeness (QED) is 0.242. The van der Waals surface area contributed by atoms with Gasteiger partial charge in [-0.2, -0.15) is 5.10 Å². The Hall–Kier alpha value is -4.56. The van der Waals surface area contributed by atoms with Crippen LogP contribution < -0.4 is 4.74 Å². The second kappa shape index (κ2) is 10.2. The fourth-order valence-electron chi connectivity index (χ4n) is 5.75. The minimum Gasteiger partial charge on any atom is -0.497 e. The highest BCUT2D eigenvalue weighted by Crippen LogP contribution is 2.36. The third-order valence-corrected chi connectivity index (χ3v) is 7.75. The average Bonchev–Trinajstić information content (AvgIpc) is 3.61. The molecule has 5 heterocycles. The molecule has 2 N–H and O–H groups in total. The molecule has 2 aromatic carbocycles. The van der Waals surface area contributed by atoms with E-state index in [9.17, 15) is 4.39 Å². The van der Waals surface area contributed by atoms with Gasteiger partial charge in [0.25, 0.3) is 0 Å². The molecule has 8 heteroatoms. The van der Waals surface area contributed by atoms with Crippen molar-refractivity contribution in [2.45, 2.75) is 25.8 Å². The van der Waals surface area contributed by atoms with E-state index in [4.69, 9.17) is 4.74 Å². The summed E-state index contributed by atoms with van der Waals surface area (Å²) in [5.74, 6) is 0.117. The molecule has 0 amide bonds. The molecule has 7 nitrogen and oxygen atoms in total. The van der Waals surface area contributed by atoms with Crippen LogP contribution in [-0.4, -0.2) is 50.2 Å². The monoisotopic (exact) mass is 532 g/mol. The van der Waals surface area contributed by atoms with Crippen LogP contribution in [0.4, 0.5) is 4.39 Å². The lowest BCUT2D eigenvalue weighted by molar-refractivity contribution is 0.220. The fourth-order valence-corrected chi connectivity index (χ4v) is 5.75. The Kier molecular flexibility index (Phi) is 6.24. The van der Waals surface area contributed by atoms with E-state index in [1.54, 1.807) is 6.20 Å². The van der Waals surface area contributed by atoms with Crippen LogP contribution in [-0.2, 0) is 6.54 Å². The number of hydrogen-bond donors (Lipinski definition) is 2. The number of aromatic amines is 2. The predicted octanol–water partition coefficient (Wildman–Crippen LogP) is 6.97. The van der Waals surface area contributed by atoms with Gasteiger partial charge < -0.3 is 9.72 Å². The average molecular weight is 533 g/mol. The molecule has 0 atom stereocenters. The number of nitrogens with zero attached hydrogens (tertiary/aromatic N) is 4. The van der Waals surface area contributed by atoms with E-state index in [0.717, 1.165) is 69.6 Å². The van der Waals surface area contributed by atoms with Crippen LogP contribution in [0.5, 0.6) is 5.75 Å². The number of fused-ring (bicyclic) bond motifs is 2. The zero-order valence-electron chi connectivity index (χ0n) is 22.2. The van der Waals surface area contributed by atoms with Gasteiger partial charge >= 0.3 is 0 Å². The van der Waals surface area contributed by atoms with Crippen LogP contribution in [0.3, 0.4) is 0 Å². The van der Waals surface area contributed by atoms with Gasteiger partial charge in [-0.1, -0.05) is 12.5 Å². The smallest absolute Gasteiger partial charge is 0.138 e. The summed E-state index contributed by atoms with van der Waals surface area (Å²) in [6.07, 6.45) is 9.49. The largest absolute Gasteiger partial charge is 0.497 e. The van der Waals surface area contributed by atoms with Crippen LogP contribution in [0.15, 0.2) is 73.2 Å². The van der Waals surface area contributed by atoms with E-state index in [-0.39, 0.29) is 5.82 Å². The second-order valence-corrected chi connectivity index (χ2v) is 10.4. The molecule has 7 rings (SSSR count). The summed E-state index contributed by atoms with van der Waals surface area (Å²) < 4.78 is 19.6. The summed E-state index contributed by atoms with van der Waals surface area (Å²) >= 11 is 0. The Labute approximate surface area is 231 Å². The normalized spacial score (nSPS) is 14.2. The first-order valence-electron chi connectivity index (χ1n) is 13.6. The molecule has 1 saturated heterocycles. The molecule has 0 spiro atoms. The number of hydrogen-bond acceptors (Lipinski definition) is 5. The molecule has 1 aliphatic rings. The lowest BCUT2D eigenvalue weighted by atomic mass is 10.0. The number of ether oxygens (including phenoxy) is 1. The molecule has 1 aliphatic heterocycles. The Morgan fingerprint density at radius 3 is 2.67 bits per heavy atom. The maximum absolute atomic E-state index is 14.3. The van der Waals surface area contributed by atoms with E-state index in [0.29, 0.717) is 11.4 Å². The van der Waals surface area contributed by atoms with Crippen molar-refractivity contribution in [2.24, 2.45) is 0 Å². The number of benzene rings is 2. The maximum Gasteiger partial charge on any atom is 0.138 e. The molecule has 40 heavy (non-hydrogen) atoms. The van der Waals surface area contributed by atoms with Crippen molar-refractivity contribution in [2.75, 3.05) is 20.2 Å². The van der Waals surface area contributed by atoms with Gasteiger partial charge in [0.1, 0.15) is 22.9 Å². The van der Waals surface area contributed by atoms with Crippen molar-refractivity contribution in [3.8, 4) is 39.4 Å². The molecule has 4 aromatic heterocycles. The predicted molar refractivity (Wildman–Crippen MR) is 155 cm³/mol. The van der Waals surface area contributed by atoms with Gasteiger partial charge in [-0.25, -0.2) is 9.37 Å². The van der Waals surface area contributed by atoms with Gasteiger partial charge in [-0.05, 0) is 90.6 Å². The highest BCUT2D eigenvalue weighted by molar-refractivity contribution is 6.00. The molecule has 200 valence electrons. The number of pyridine rings is 2. The van der Waals surface area contributed by atoms with Crippen molar-refractivity contribution < 1.29 is 9.13 Å². The van der Waals surface area contributed by atoms with Crippen LogP contribution in [0.25, 0.3) is 55.6 Å². The van der Waals surface area contributed by atoms with Crippen molar-refractivity contribution in [3.63, 3.8) is 0 Å². The number of rotatable bonds is 6. The highest BCUT2D eigenvalue weighted by atomic mass is 19.1. The summed E-state index contributed by atoms with van der Waals surface area (Å²) in [5, 5.41) is 9.69. The molecule has 0 saturated carbocycles. The number of piperidine rings is 1. The summed E-state index contributed by atoms with van der Waals surface area (Å²) in [4.78, 5) is 15.0. The van der Waals surface area contributed by atoms with Gasteiger partial charge in [0.05, 0.1) is 18.3 Å². The minimum atomic E-state index is -0.351. The molecule has 6 aromatic rings. The molecular formula is C32H29FN6O. The van der Waals surface area contributed by atoms with Crippen molar-refractivity contribution in [1.29, 1.82) is 0 Å². The molecule has 0 radical (unpaired) electrons. The number of nitrogens with one attached hydrogen (secondary N) is 2. The second-order valence-electron chi connectivity index (χ2n) is 10.4. The van der Waals surface area contributed by atoms with Crippen molar-refractivity contribution >= 4 is 21.9 Å². The molecule has 1 fully saturated rings. The fraction of sp³-hybridized carbons (Fsp3) is 0.219. The first-order valence-corrected chi connectivity index (χ1v) is 13.6. The summed E-state index contributed by atoms with van der Waals surface area (Å²) in [6, 6.07) is 17.2. The number of methoxy groups -OCH3 is 1. The third kappa shape index (κ3) is 4.60. The van der Waals surface area contributed by atoms with Crippen LogP contribution in [0.1, 0.15) is 24.8 Å². The molecule has 0 bridgehead atoms. The van der Waals surface area contributed by atoms with Crippen LogP contribution >= 0.6 is 0 Å². The number of halogens is 1. The van der Waals surface area contributed by atoms with Gasteiger partial charge in [0, 0.05) is 47.5 Å². The number of likely N-dealkylation sites (tertiary alicyclic amines) is 1. The van der Waals surface area contributed by atoms with Gasteiger partial charge in [0.2, 0.25) is 0 Å². The molecular weight excluding hydrogens is 503 g/mol. The van der Waals surface area contributed by atoms with Crippen LogP contribution in [0, 0.1) is 5.82 Å². The zero-order valence-corrected chi connectivity index (χ0v) is 22.2. The van der Waals surface area contributed by atoms with Gasteiger partial charge in [-0.3, -0.25) is 15.0 Å². The molecule has 0 aliphatic carbocycles. The summed E-state index contributed by atoms with van der Waals surface area (Å²) in [7, 11) is 1.53. The number of aromatic nitrogens is 5. The third-order valence-electron chi connectivity index (χ3n) is 7.75. The minimum absolute atomic E-state index is 0.351. The summed E-state index contributed by atoms with van der Waals surface area (Å²) in [6.45, 7) is 3.24. The zero-order chi connectivity index (χ0) is 27.1. The van der Waals surface area contributed by atoms with E-state index < -0.39 is 0 Å². The summed E-state index contributed by atoms with van der Waals surface area (Å²) in [5.41, 5.74) is 8.27. The van der Waals surface area contributed by atoms with Crippen LogP contribution in [0.2, 0.25) is 0 Å². The van der Waals surface area contributed by atoms with E-state index in [2.05, 4.69) is 54.3 Å². The first-order chi connectivity index (χ1) is 19.6. The lowest BCUT2D eigenvalue weighted by Crippen LogP contribution is -2.29. The van der Waals surface area contributed by atoms with Crippen molar-refractivity contribution in [1.82, 2.24) is 30.0 Å². The SMILES string of the molecule is COc1cc(F)cc(-c2ccnc3[nH]c(-c4n[nH]c5ccc(-c6cncc(CN7CCCCC7)c6)cc45)cc23)c1. The van der Waals surface area contributed by atoms with E-state index >= 15 is 0 Å². The topological polar surface area (TPSA) is 82.7 Å². The Balaban J connectivity index is 1.26. The Bertz CT molecular complexity index is 1830. The Morgan fingerprint density at radius 2 is 1.80 bits per heavy atom. The first kappa shape index (κ1) is 24.5. The highest BCUT2D eigenvalue weighted by Gasteiger charge is 2.16. The maximum atomic E-state index is 14.3. The van der Waals surface area contributed by atoms with E-state index in [1.807, 2.05) is 30.6 Å². The Morgan fingerprint density at radius 1 is 0.900 bits per heavy atom. The van der Waals surface area contributed by atoms with Crippen molar-refractivity contribution in [3.05, 3.63) is 84.6 Å². The number of H-pyrrole nitrogens is 2. The van der Waals surface area contributed by atoms with E-state index in [1.165, 1.54) is 44.1 Å². The van der Waals surface area contributed by atoms with Gasteiger partial charge in [-0.15, -0.1) is 0 Å². The lowest BCUT2D eigenvalue weighted by Gasteiger charge is -2.26. The van der Waals surface area contributed by atoms with Gasteiger partial charge in [0.15, 0.2) is 0 Å². The standard InChI is InChI=1S/C32H29FN6O/c1-40-25-13-22(12-24(33)15-25)26-7-8-35-32-27(26)16-30(36-32)31-28-14-21(5-6-29(28)37-38-31)23-11-20(17-34-18-23)19-39-9-3-2-4-10-39/h5-8,11-18H,2-4,9-10,19H2,1H3,(H,35,36)(H,37,38).